The molecule has 0 aliphatic heterocycles. The third-order valence-corrected chi connectivity index (χ3v) is 4.34. The summed E-state index contributed by atoms with van der Waals surface area (Å²) in [4.78, 5) is 11.0. The third kappa shape index (κ3) is 5.18. The van der Waals surface area contributed by atoms with Crippen LogP contribution in [0.4, 0.5) is 5.69 Å². The Labute approximate surface area is 118 Å². The van der Waals surface area contributed by atoms with Crippen LogP contribution in [0.3, 0.4) is 0 Å². The molecule has 1 aromatic rings. The lowest BCUT2D eigenvalue weighted by Gasteiger charge is -2.10. The first kappa shape index (κ1) is 15.9. The Morgan fingerprint density at radius 2 is 1.89 bits per heavy atom. The van der Waals surface area contributed by atoms with Gasteiger partial charge in [-0.05, 0) is 30.2 Å². The van der Waals surface area contributed by atoms with Crippen LogP contribution in [0.2, 0.25) is 0 Å². The molecule has 0 heterocycles. The van der Waals surface area contributed by atoms with Crippen LogP contribution in [0.15, 0.2) is 29.2 Å². The second kappa shape index (κ2) is 6.88. The molecule has 5 nitrogen and oxygen atoms in total. The highest BCUT2D eigenvalue weighted by molar-refractivity contribution is 7.89. The van der Waals surface area contributed by atoms with Gasteiger partial charge in [-0.1, -0.05) is 6.92 Å². The Balaban J connectivity index is 2.76. The largest absolute Gasteiger partial charge is 0.326 e. The van der Waals surface area contributed by atoms with E-state index in [1.54, 1.807) is 12.1 Å². The Kier molecular flexibility index (Phi) is 5.78. The first-order valence-corrected chi connectivity index (χ1v) is 7.80. The SMILES string of the molecule is CC(=O)Nc1ccc(S(=O)(=O)NCC(C)CCl)cc1. The summed E-state index contributed by atoms with van der Waals surface area (Å²) in [5.41, 5.74) is 0.556. The van der Waals surface area contributed by atoms with Crippen molar-refractivity contribution in [2.75, 3.05) is 17.7 Å². The van der Waals surface area contributed by atoms with Gasteiger partial charge in [0.25, 0.3) is 0 Å². The van der Waals surface area contributed by atoms with Crippen molar-refractivity contribution in [3.05, 3.63) is 24.3 Å². The number of carbonyl (C=O) groups is 1. The molecule has 19 heavy (non-hydrogen) atoms. The molecule has 106 valence electrons. The number of carbonyl (C=O) groups excluding carboxylic acids is 1. The van der Waals surface area contributed by atoms with Gasteiger partial charge in [0.15, 0.2) is 0 Å². The van der Waals surface area contributed by atoms with E-state index in [9.17, 15) is 13.2 Å². The molecule has 0 bridgehead atoms. The number of amides is 1. The van der Waals surface area contributed by atoms with Crippen LogP contribution in [0.5, 0.6) is 0 Å². The number of anilines is 1. The van der Waals surface area contributed by atoms with Gasteiger partial charge >= 0.3 is 0 Å². The molecule has 1 amide bonds. The predicted octanol–water partition coefficient (Wildman–Crippen LogP) is 1.80. The first-order valence-electron chi connectivity index (χ1n) is 5.78. The van der Waals surface area contributed by atoms with Gasteiger partial charge in [0.05, 0.1) is 4.90 Å². The average molecular weight is 305 g/mol. The van der Waals surface area contributed by atoms with Crippen molar-refractivity contribution in [3.8, 4) is 0 Å². The molecule has 0 radical (unpaired) electrons. The molecule has 0 saturated carbocycles. The van der Waals surface area contributed by atoms with Crippen LogP contribution in [0.1, 0.15) is 13.8 Å². The number of nitrogens with one attached hydrogen (secondary N) is 2. The second-order valence-corrected chi connectivity index (χ2v) is 6.39. The summed E-state index contributed by atoms with van der Waals surface area (Å²) >= 11 is 5.62. The second-order valence-electron chi connectivity index (χ2n) is 4.32. The molecule has 0 fully saturated rings. The van der Waals surface area contributed by atoms with E-state index in [4.69, 9.17) is 11.6 Å². The lowest BCUT2D eigenvalue weighted by molar-refractivity contribution is -0.114. The molecule has 0 spiro atoms. The maximum absolute atomic E-state index is 11.9. The average Bonchev–Trinajstić information content (AvgIpc) is 2.36. The fourth-order valence-corrected chi connectivity index (χ4v) is 2.58. The number of alkyl halides is 1. The molecule has 0 aromatic heterocycles. The molecular formula is C12H17ClN2O3S. The van der Waals surface area contributed by atoms with Crippen LogP contribution in [0, 0.1) is 5.92 Å². The van der Waals surface area contributed by atoms with Gasteiger partial charge in [-0.2, -0.15) is 0 Å². The van der Waals surface area contributed by atoms with Gasteiger partial charge in [0, 0.05) is 25.0 Å². The van der Waals surface area contributed by atoms with Crippen molar-refractivity contribution in [1.29, 1.82) is 0 Å². The standard InChI is InChI=1S/C12H17ClN2O3S/c1-9(7-13)8-14-19(17,18)12-5-3-11(4-6-12)15-10(2)16/h3-6,9,14H,7-8H2,1-2H3,(H,15,16). The smallest absolute Gasteiger partial charge is 0.240 e. The van der Waals surface area contributed by atoms with E-state index in [0.717, 1.165) is 0 Å². The Hall–Kier alpha value is -1.11. The number of halogens is 1. The molecule has 1 rings (SSSR count). The molecule has 2 N–H and O–H groups in total. The minimum atomic E-state index is -3.53. The van der Waals surface area contributed by atoms with Gasteiger partial charge in [-0.3, -0.25) is 4.79 Å². The van der Waals surface area contributed by atoms with E-state index < -0.39 is 10.0 Å². The van der Waals surface area contributed by atoms with Crippen molar-refractivity contribution in [2.45, 2.75) is 18.7 Å². The quantitative estimate of drug-likeness (QED) is 0.787. The van der Waals surface area contributed by atoms with Crippen LogP contribution in [-0.2, 0) is 14.8 Å². The minimum Gasteiger partial charge on any atom is -0.326 e. The summed E-state index contributed by atoms with van der Waals surface area (Å²) < 4.78 is 26.4. The number of rotatable bonds is 6. The zero-order chi connectivity index (χ0) is 14.5. The molecule has 7 heteroatoms. The Bertz CT molecular complexity index is 528. The predicted molar refractivity (Wildman–Crippen MR) is 75.8 cm³/mol. The fourth-order valence-electron chi connectivity index (χ4n) is 1.31. The van der Waals surface area contributed by atoms with Gasteiger partial charge in [0.2, 0.25) is 15.9 Å². The maximum atomic E-state index is 11.9. The monoisotopic (exact) mass is 304 g/mol. The number of benzene rings is 1. The van der Waals surface area contributed by atoms with Gasteiger partial charge in [0.1, 0.15) is 0 Å². The summed E-state index contributed by atoms with van der Waals surface area (Å²) in [7, 11) is -3.53. The lowest BCUT2D eigenvalue weighted by atomic mass is 10.2. The van der Waals surface area contributed by atoms with Crippen molar-refractivity contribution in [3.63, 3.8) is 0 Å². The normalized spacial score (nSPS) is 13.0. The van der Waals surface area contributed by atoms with Crippen LogP contribution in [-0.4, -0.2) is 26.7 Å². The highest BCUT2D eigenvalue weighted by atomic mass is 35.5. The Morgan fingerprint density at radius 3 is 2.37 bits per heavy atom. The molecule has 1 atom stereocenters. The molecule has 0 aliphatic rings. The molecule has 1 aromatic carbocycles. The molecule has 0 saturated heterocycles. The molecule has 0 aliphatic carbocycles. The van der Waals surface area contributed by atoms with E-state index >= 15 is 0 Å². The lowest BCUT2D eigenvalue weighted by Crippen LogP contribution is -2.29. The van der Waals surface area contributed by atoms with E-state index in [-0.39, 0.29) is 16.7 Å². The zero-order valence-electron chi connectivity index (χ0n) is 10.8. The summed E-state index contributed by atoms with van der Waals surface area (Å²) in [5, 5.41) is 2.57. The summed E-state index contributed by atoms with van der Waals surface area (Å²) in [5.74, 6) is 0.254. The maximum Gasteiger partial charge on any atom is 0.240 e. The minimum absolute atomic E-state index is 0.0649. The van der Waals surface area contributed by atoms with Crippen molar-refractivity contribution in [2.24, 2.45) is 5.92 Å². The van der Waals surface area contributed by atoms with E-state index in [1.165, 1.54) is 19.1 Å². The fraction of sp³-hybridized carbons (Fsp3) is 0.417. The Morgan fingerprint density at radius 1 is 1.32 bits per heavy atom. The van der Waals surface area contributed by atoms with Gasteiger partial charge in [-0.25, -0.2) is 13.1 Å². The number of hydrogen-bond donors (Lipinski definition) is 2. The van der Waals surface area contributed by atoms with Crippen LogP contribution in [0.25, 0.3) is 0 Å². The van der Waals surface area contributed by atoms with E-state index in [2.05, 4.69) is 10.0 Å². The van der Waals surface area contributed by atoms with E-state index in [0.29, 0.717) is 18.1 Å². The number of hydrogen-bond acceptors (Lipinski definition) is 3. The van der Waals surface area contributed by atoms with Gasteiger partial charge in [-0.15, -0.1) is 11.6 Å². The zero-order valence-corrected chi connectivity index (χ0v) is 12.4. The molecule has 1 unspecified atom stereocenters. The third-order valence-electron chi connectivity index (χ3n) is 2.37. The van der Waals surface area contributed by atoms with Crippen molar-refractivity contribution >= 4 is 33.2 Å². The van der Waals surface area contributed by atoms with Gasteiger partial charge < -0.3 is 5.32 Å². The van der Waals surface area contributed by atoms with Crippen molar-refractivity contribution < 1.29 is 13.2 Å². The highest BCUT2D eigenvalue weighted by Crippen LogP contribution is 2.14. The van der Waals surface area contributed by atoms with Crippen LogP contribution < -0.4 is 10.0 Å². The van der Waals surface area contributed by atoms with E-state index in [1.807, 2.05) is 6.92 Å². The first-order chi connectivity index (χ1) is 8.85. The van der Waals surface area contributed by atoms with Crippen LogP contribution >= 0.6 is 11.6 Å². The highest BCUT2D eigenvalue weighted by Gasteiger charge is 2.14. The summed E-state index contributed by atoms with van der Waals surface area (Å²) in [6.07, 6.45) is 0. The molecular weight excluding hydrogens is 288 g/mol. The summed E-state index contributed by atoms with van der Waals surface area (Å²) in [6.45, 7) is 3.54. The van der Waals surface area contributed by atoms with Crippen molar-refractivity contribution in [1.82, 2.24) is 4.72 Å². The topological polar surface area (TPSA) is 75.3 Å². The number of sulfonamides is 1. The summed E-state index contributed by atoms with van der Waals surface area (Å²) in [6, 6.07) is 5.97.